The topological polar surface area (TPSA) is 66.5 Å². The summed E-state index contributed by atoms with van der Waals surface area (Å²) in [5.74, 6) is -1.33. The summed E-state index contributed by atoms with van der Waals surface area (Å²) in [7, 11) is 0. The smallest absolute Gasteiger partial charge is 0.262 e. The van der Waals surface area contributed by atoms with Crippen molar-refractivity contribution in [2.24, 2.45) is 5.92 Å². The highest BCUT2D eigenvalue weighted by Crippen LogP contribution is 2.28. The third-order valence-electron chi connectivity index (χ3n) is 4.67. The average Bonchev–Trinajstić information content (AvgIpc) is 2.89. The number of carbonyl (C=O) groups excluding carboxylic acids is 3. The monoisotopic (exact) mass is 462 g/mol. The predicted octanol–water partition coefficient (Wildman–Crippen LogP) is 3.94. The van der Waals surface area contributed by atoms with Gasteiger partial charge in [-0.3, -0.25) is 19.3 Å². The fourth-order valence-electron chi connectivity index (χ4n) is 3.06. The van der Waals surface area contributed by atoms with Crippen molar-refractivity contribution in [1.82, 2.24) is 4.90 Å². The first-order valence-electron chi connectivity index (χ1n) is 8.47. The summed E-state index contributed by atoms with van der Waals surface area (Å²) in [6.45, 7) is 3.82. The molecule has 0 aromatic heterocycles. The van der Waals surface area contributed by atoms with Crippen LogP contribution in [0.5, 0.6) is 0 Å². The van der Waals surface area contributed by atoms with Crippen molar-refractivity contribution in [2.75, 3.05) is 5.32 Å². The largest absolute Gasteiger partial charge is 0.324 e. The number of hydrogen-bond acceptors (Lipinski definition) is 3. The highest BCUT2D eigenvalue weighted by atomic mass is 127. The van der Waals surface area contributed by atoms with Gasteiger partial charge in [0, 0.05) is 9.26 Å². The van der Waals surface area contributed by atoms with Crippen molar-refractivity contribution in [3.8, 4) is 0 Å². The Morgan fingerprint density at radius 3 is 2.08 bits per heavy atom. The van der Waals surface area contributed by atoms with Crippen molar-refractivity contribution < 1.29 is 14.4 Å². The van der Waals surface area contributed by atoms with Gasteiger partial charge in [-0.25, -0.2) is 0 Å². The van der Waals surface area contributed by atoms with Crippen LogP contribution in [0.2, 0.25) is 0 Å². The molecule has 0 saturated carbocycles. The van der Waals surface area contributed by atoms with E-state index in [1.165, 1.54) is 0 Å². The van der Waals surface area contributed by atoms with Crippen molar-refractivity contribution in [3.63, 3.8) is 0 Å². The second-order valence-electron chi connectivity index (χ2n) is 6.35. The lowest BCUT2D eigenvalue weighted by Gasteiger charge is -2.29. The summed E-state index contributed by atoms with van der Waals surface area (Å²) < 4.78 is 1.06. The highest BCUT2D eigenvalue weighted by Gasteiger charge is 2.44. The van der Waals surface area contributed by atoms with E-state index in [-0.39, 0.29) is 11.8 Å². The molecule has 0 fully saturated rings. The number of carbonyl (C=O) groups is 3. The molecule has 134 valence electrons. The molecule has 3 amide bonds. The van der Waals surface area contributed by atoms with Gasteiger partial charge in [0.1, 0.15) is 6.04 Å². The molecule has 1 aliphatic rings. The van der Waals surface area contributed by atoms with Gasteiger partial charge in [-0.15, -0.1) is 0 Å². The first kappa shape index (κ1) is 18.6. The predicted molar refractivity (Wildman–Crippen MR) is 108 cm³/mol. The van der Waals surface area contributed by atoms with Gasteiger partial charge in [-0.05, 0) is 64.9 Å². The van der Waals surface area contributed by atoms with Gasteiger partial charge in [0.25, 0.3) is 11.8 Å². The zero-order chi connectivity index (χ0) is 18.8. The zero-order valence-corrected chi connectivity index (χ0v) is 16.7. The van der Waals surface area contributed by atoms with Gasteiger partial charge in [-0.1, -0.05) is 32.4 Å². The van der Waals surface area contributed by atoms with Crippen LogP contribution >= 0.6 is 22.6 Å². The van der Waals surface area contributed by atoms with Crippen LogP contribution in [0.25, 0.3) is 0 Å². The van der Waals surface area contributed by atoms with Crippen LogP contribution in [0.1, 0.15) is 41.0 Å². The molecule has 0 bridgehead atoms. The lowest BCUT2D eigenvalue weighted by molar-refractivity contribution is -0.121. The van der Waals surface area contributed by atoms with Crippen LogP contribution in [0.3, 0.4) is 0 Å². The maximum absolute atomic E-state index is 13.0. The third kappa shape index (κ3) is 3.38. The molecule has 6 heteroatoms. The molecule has 0 aliphatic carbocycles. The minimum Gasteiger partial charge on any atom is -0.324 e. The van der Waals surface area contributed by atoms with E-state index in [4.69, 9.17) is 0 Å². The molecule has 1 N–H and O–H groups in total. The van der Waals surface area contributed by atoms with Crippen molar-refractivity contribution >= 4 is 46.0 Å². The number of anilines is 1. The summed E-state index contributed by atoms with van der Waals surface area (Å²) in [5, 5.41) is 2.84. The molecule has 26 heavy (non-hydrogen) atoms. The van der Waals surface area contributed by atoms with E-state index in [9.17, 15) is 14.4 Å². The van der Waals surface area contributed by atoms with E-state index in [0.29, 0.717) is 23.2 Å². The molecular weight excluding hydrogens is 443 g/mol. The Bertz CT molecular complexity index is 829. The first-order chi connectivity index (χ1) is 12.4. The number of halogens is 1. The lowest BCUT2D eigenvalue weighted by Crippen LogP contribution is -2.50. The Labute approximate surface area is 165 Å². The quantitative estimate of drug-likeness (QED) is 0.541. The van der Waals surface area contributed by atoms with Gasteiger partial charge >= 0.3 is 0 Å². The summed E-state index contributed by atoms with van der Waals surface area (Å²) >= 11 is 2.19. The molecule has 0 unspecified atom stereocenters. The third-order valence-corrected chi connectivity index (χ3v) is 5.39. The Kier molecular flexibility index (Phi) is 5.41. The van der Waals surface area contributed by atoms with Gasteiger partial charge in [0.05, 0.1) is 11.1 Å². The molecule has 1 aliphatic heterocycles. The summed E-state index contributed by atoms with van der Waals surface area (Å²) in [6.07, 6.45) is 0.665. The van der Waals surface area contributed by atoms with E-state index in [0.717, 1.165) is 8.47 Å². The molecule has 2 aromatic carbocycles. The van der Waals surface area contributed by atoms with E-state index >= 15 is 0 Å². The summed E-state index contributed by atoms with van der Waals surface area (Å²) in [6, 6.07) is 13.2. The number of hydrogen-bond donors (Lipinski definition) is 1. The average molecular weight is 462 g/mol. The number of nitrogens with zero attached hydrogens (tertiary/aromatic N) is 1. The number of imide groups is 1. The molecule has 2 aromatic rings. The molecule has 2 atom stereocenters. The Morgan fingerprint density at radius 1 is 1.04 bits per heavy atom. The molecule has 5 nitrogen and oxygen atoms in total. The van der Waals surface area contributed by atoms with Gasteiger partial charge in [-0.2, -0.15) is 0 Å². The van der Waals surface area contributed by atoms with Crippen molar-refractivity contribution in [1.29, 1.82) is 0 Å². The molecule has 0 saturated heterocycles. The van der Waals surface area contributed by atoms with Gasteiger partial charge < -0.3 is 5.32 Å². The highest BCUT2D eigenvalue weighted by molar-refractivity contribution is 14.1. The fourth-order valence-corrected chi connectivity index (χ4v) is 3.42. The molecule has 3 rings (SSSR count). The SMILES string of the molecule is CC[C@H](C)[C@H](C(=O)Nc1ccc(I)cc1)N1C(=O)c2ccccc2C1=O. The van der Waals surface area contributed by atoms with Crippen LogP contribution in [0, 0.1) is 9.49 Å². The van der Waals surface area contributed by atoms with Crippen LogP contribution in [0.4, 0.5) is 5.69 Å². The molecule has 0 radical (unpaired) electrons. The minimum atomic E-state index is -0.855. The van der Waals surface area contributed by atoms with Gasteiger partial charge in [0.15, 0.2) is 0 Å². The Morgan fingerprint density at radius 2 is 1.58 bits per heavy atom. The summed E-state index contributed by atoms with van der Waals surface area (Å²) in [4.78, 5) is 39.7. The zero-order valence-electron chi connectivity index (χ0n) is 14.5. The standard InChI is InChI=1S/C20H19IN2O3/c1-3-12(2)17(18(24)22-14-10-8-13(21)9-11-14)23-19(25)15-6-4-5-7-16(15)20(23)26/h4-12,17H,3H2,1-2H3,(H,22,24)/t12-,17+/m0/s1. The second-order valence-corrected chi connectivity index (χ2v) is 7.60. The normalized spacial score (nSPS) is 15.6. The number of benzene rings is 2. The van der Waals surface area contributed by atoms with Crippen LogP contribution in [0.15, 0.2) is 48.5 Å². The molecule has 1 heterocycles. The first-order valence-corrected chi connectivity index (χ1v) is 9.55. The summed E-state index contributed by atoms with van der Waals surface area (Å²) in [5.41, 5.74) is 1.35. The van der Waals surface area contributed by atoms with Gasteiger partial charge in [0.2, 0.25) is 5.91 Å². The number of fused-ring (bicyclic) bond motifs is 1. The fraction of sp³-hybridized carbons (Fsp3) is 0.250. The van der Waals surface area contributed by atoms with Crippen LogP contribution in [-0.2, 0) is 4.79 Å². The number of nitrogens with one attached hydrogen (secondary N) is 1. The van der Waals surface area contributed by atoms with E-state index in [1.54, 1.807) is 36.4 Å². The maximum Gasteiger partial charge on any atom is 0.262 e. The number of rotatable bonds is 5. The maximum atomic E-state index is 13.0. The Hall–Kier alpha value is -2.22. The van der Waals surface area contributed by atoms with E-state index < -0.39 is 17.9 Å². The van der Waals surface area contributed by atoms with Crippen LogP contribution < -0.4 is 5.32 Å². The van der Waals surface area contributed by atoms with Crippen molar-refractivity contribution in [2.45, 2.75) is 26.3 Å². The Balaban J connectivity index is 1.92. The minimum absolute atomic E-state index is 0.166. The van der Waals surface area contributed by atoms with Crippen LogP contribution in [-0.4, -0.2) is 28.7 Å². The van der Waals surface area contributed by atoms with E-state index in [1.807, 2.05) is 26.0 Å². The second kappa shape index (κ2) is 7.57. The molecular formula is C20H19IN2O3. The van der Waals surface area contributed by atoms with Crippen molar-refractivity contribution in [3.05, 3.63) is 63.2 Å². The number of amides is 3. The molecule has 0 spiro atoms. The van der Waals surface area contributed by atoms with E-state index in [2.05, 4.69) is 27.9 Å². The lowest BCUT2D eigenvalue weighted by atomic mass is 9.96.